The highest BCUT2D eigenvalue weighted by Gasteiger charge is 2.34. The molecule has 0 spiro atoms. The molecule has 1 unspecified atom stereocenters. The lowest BCUT2D eigenvalue weighted by Crippen LogP contribution is -2.45. The van der Waals surface area contributed by atoms with Gasteiger partial charge in [-0.15, -0.1) is 5.10 Å². The largest absolute Gasteiger partial charge is 0.350 e. The molecule has 2 aromatic heterocycles. The molecule has 0 saturated heterocycles. The summed E-state index contributed by atoms with van der Waals surface area (Å²) in [6, 6.07) is 11.2. The van der Waals surface area contributed by atoms with Crippen LogP contribution in [0.4, 0.5) is 0 Å². The number of benzene rings is 1. The number of rotatable bonds is 6. The Morgan fingerprint density at radius 3 is 2.69 bits per heavy atom. The standard InChI is InChI=1S/C19H21N5O4S/c1-12(29(2,26)27)17-11-24(23-21-17)15-8-14(9-15)20-19(25)18-10-16(22-28-18)13-6-4-3-5-7-13/h3-7,10-12,14-15H,8-9H2,1-2H3,(H,20,25)/t12?,14-,15-. The third-order valence-electron chi connectivity index (χ3n) is 5.21. The lowest BCUT2D eigenvalue weighted by atomic mass is 9.87. The van der Waals surface area contributed by atoms with Crippen LogP contribution in [0, 0.1) is 0 Å². The van der Waals surface area contributed by atoms with E-state index in [1.807, 2.05) is 30.3 Å². The summed E-state index contributed by atoms with van der Waals surface area (Å²) in [7, 11) is -3.22. The van der Waals surface area contributed by atoms with Crippen molar-refractivity contribution in [3.63, 3.8) is 0 Å². The van der Waals surface area contributed by atoms with Gasteiger partial charge in [0.15, 0.2) is 9.84 Å². The van der Waals surface area contributed by atoms with E-state index in [-0.39, 0.29) is 23.8 Å². The van der Waals surface area contributed by atoms with E-state index < -0.39 is 15.1 Å². The van der Waals surface area contributed by atoms with Crippen molar-refractivity contribution >= 4 is 15.7 Å². The summed E-state index contributed by atoms with van der Waals surface area (Å²) in [6.07, 6.45) is 4.21. The molecular weight excluding hydrogens is 394 g/mol. The van der Waals surface area contributed by atoms with Crippen LogP contribution in [-0.4, -0.2) is 46.8 Å². The van der Waals surface area contributed by atoms with Crippen molar-refractivity contribution in [2.24, 2.45) is 0 Å². The molecule has 1 fully saturated rings. The first-order valence-corrected chi connectivity index (χ1v) is 11.2. The van der Waals surface area contributed by atoms with Gasteiger partial charge >= 0.3 is 0 Å². The summed E-state index contributed by atoms with van der Waals surface area (Å²) in [5.74, 6) is -0.148. The maximum atomic E-state index is 12.4. The van der Waals surface area contributed by atoms with E-state index in [0.29, 0.717) is 24.2 Å². The molecule has 0 bridgehead atoms. The van der Waals surface area contributed by atoms with Crippen LogP contribution >= 0.6 is 0 Å². The molecule has 1 amide bonds. The Bertz CT molecular complexity index is 1120. The smallest absolute Gasteiger partial charge is 0.290 e. The number of amides is 1. The molecule has 0 aliphatic heterocycles. The van der Waals surface area contributed by atoms with Crippen molar-refractivity contribution in [2.45, 2.75) is 37.1 Å². The molecule has 152 valence electrons. The molecule has 1 N–H and O–H groups in total. The number of sulfone groups is 1. The van der Waals surface area contributed by atoms with Crippen LogP contribution in [0.25, 0.3) is 11.3 Å². The molecule has 0 radical (unpaired) electrons. The van der Waals surface area contributed by atoms with Crippen LogP contribution in [0.1, 0.15) is 47.3 Å². The zero-order valence-corrected chi connectivity index (χ0v) is 16.8. The molecule has 1 aromatic carbocycles. The predicted molar refractivity (Wildman–Crippen MR) is 105 cm³/mol. The van der Waals surface area contributed by atoms with Gasteiger partial charge in [0.1, 0.15) is 16.6 Å². The second-order valence-electron chi connectivity index (χ2n) is 7.33. The van der Waals surface area contributed by atoms with Crippen LogP contribution < -0.4 is 5.32 Å². The topological polar surface area (TPSA) is 120 Å². The van der Waals surface area contributed by atoms with Crippen LogP contribution in [0.15, 0.2) is 47.1 Å². The Hall–Kier alpha value is -3.01. The quantitative estimate of drug-likeness (QED) is 0.655. The zero-order valence-electron chi connectivity index (χ0n) is 16.0. The summed E-state index contributed by atoms with van der Waals surface area (Å²) >= 11 is 0. The van der Waals surface area contributed by atoms with Gasteiger partial charge in [0.25, 0.3) is 5.91 Å². The molecule has 10 heteroatoms. The lowest BCUT2D eigenvalue weighted by molar-refractivity contribution is 0.0850. The van der Waals surface area contributed by atoms with Crippen LogP contribution in [0.2, 0.25) is 0 Å². The molecule has 1 atom stereocenters. The highest BCUT2D eigenvalue weighted by molar-refractivity contribution is 7.90. The van der Waals surface area contributed by atoms with E-state index in [0.717, 1.165) is 5.56 Å². The highest BCUT2D eigenvalue weighted by atomic mass is 32.2. The minimum Gasteiger partial charge on any atom is -0.350 e. The van der Waals surface area contributed by atoms with E-state index in [1.54, 1.807) is 23.9 Å². The number of nitrogens with one attached hydrogen (secondary N) is 1. The van der Waals surface area contributed by atoms with Crippen molar-refractivity contribution in [3.05, 3.63) is 54.0 Å². The van der Waals surface area contributed by atoms with Crippen LogP contribution in [-0.2, 0) is 9.84 Å². The summed E-state index contributed by atoms with van der Waals surface area (Å²) < 4.78 is 30.2. The monoisotopic (exact) mass is 415 g/mol. The van der Waals surface area contributed by atoms with Crippen molar-refractivity contribution in [1.29, 1.82) is 0 Å². The van der Waals surface area contributed by atoms with Crippen molar-refractivity contribution in [1.82, 2.24) is 25.5 Å². The molecule has 1 aliphatic carbocycles. The van der Waals surface area contributed by atoms with E-state index in [4.69, 9.17) is 4.52 Å². The predicted octanol–water partition coefficient (Wildman–Crippen LogP) is 2.17. The average Bonchev–Trinajstić information content (AvgIpc) is 3.33. The Kier molecular flexibility index (Phi) is 4.95. The van der Waals surface area contributed by atoms with Gasteiger partial charge in [0.2, 0.25) is 5.76 Å². The van der Waals surface area contributed by atoms with E-state index >= 15 is 0 Å². The summed E-state index contributed by atoms with van der Waals surface area (Å²) in [6.45, 7) is 1.59. The van der Waals surface area contributed by atoms with E-state index in [9.17, 15) is 13.2 Å². The van der Waals surface area contributed by atoms with Gasteiger partial charge in [0.05, 0.1) is 12.2 Å². The molecule has 9 nitrogen and oxygen atoms in total. The third-order valence-corrected chi connectivity index (χ3v) is 6.74. The number of hydrogen-bond donors (Lipinski definition) is 1. The molecule has 2 heterocycles. The highest BCUT2D eigenvalue weighted by Crippen LogP contribution is 2.32. The third kappa shape index (κ3) is 4.07. The average molecular weight is 415 g/mol. The fourth-order valence-corrected chi connectivity index (χ4v) is 3.73. The van der Waals surface area contributed by atoms with Crippen molar-refractivity contribution in [3.8, 4) is 11.3 Å². The Labute approximate surface area is 168 Å². The second-order valence-corrected chi connectivity index (χ2v) is 9.70. The number of aromatic nitrogens is 4. The summed E-state index contributed by atoms with van der Waals surface area (Å²) in [5, 5.41) is 14.2. The van der Waals surface area contributed by atoms with Crippen LogP contribution in [0.5, 0.6) is 0 Å². The first-order valence-electron chi connectivity index (χ1n) is 9.25. The SMILES string of the molecule is CC(c1cn([C@H]2C[C@H](NC(=O)c3cc(-c4ccccc4)no3)C2)nn1)S(C)(=O)=O. The van der Waals surface area contributed by atoms with Gasteiger partial charge in [-0.2, -0.15) is 0 Å². The Balaban J connectivity index is 1.33. The fraction of sp³-hybridized carbons (Fsp3) is 0.368. The molecule has 3 aromatic rings. The van der Waals surface area contributed by atoms with Gasteiger partial charge in [-0.05, 0) is 19.8 Å². The van der Waals surface area contributed by atoms with E-state index in [1.165, 1.54) is 6.26 Å². The molecule has 4 rings (SSSR count). The summed E-state index contributed by atoms with van der Waals surface area (Å²) in [5.41, 5.74) is 1.91. The summed E-state index contributed by atoms with van der Waals surface area (Å²) in [4.78, 5) is 12.4. The lowest BCUT2D eigenvalue weighted by Gasteiger charge is -2.35. The first-order chi connectivity index (χ1) is 13.8. The maximum absolute atomic E-state index is 12.4. The number of carbonyl (C=O) groups is 1. The van der Waals surface area contributed by atoms with Crippen molar-refractivity contribution < 1.29 is 17.7 Å². The molecule has 1 saturated carbocycles. The molecular formula is C19H21N5O4S. The number of nitrogens with zero attached hydrogens (tertiary/aromatic N) is 4. The van der Waals surface area contributed by atoms with Gasteiger partial charge in [-0.1, -0.05) is 40.7 Å². The van der Waals surface area contributed by atoms with Gasteiger partial charge < -0.3 is 9.84 Å². The number of hydrogen-bond acceptors (Lipinski definition) is 7. The normalized spacial score (nSPS) is 20.1. The minimum absolute atomic E-state index is 0.0160. The van der Waals surface area contributed by atoms with E-state index in [2.05, 4.69) is 20.8 Å². The fourth-order valence-electron chi connectivity index (χ4n) is 3.18. The van der Waals surface area contributed by atoms with Crippen molar-refractivity contribution in [2.75, 3.05) is 6.26 Å². The molecule has 29 heavy (non-hydrogen) atoms. The van der Waals surface area contributed by atoms with Crippen LogP contribution in [0.3, 0.4) is 0 Å². The minimum atomic E-state index is -3.22. The zero-order chi connectivity index (χ0) is 20.6. The Morgan fingerprint density at radius 1 is 1.28 bits per heavy atom. The first kappa shape index (κ1) is 19.3. The molecule has 1 aliphatic rings. The van der Waals surface area contributed by atoms with Gasteiger partial charge in [0, 0.05) is 23.9 Å². The van der Waals surface area contributed by atoms with Gasteiger partial charge in [-0.25, -0.2) is 13.1 Å². The second kappa shape index (κ2) is 7.43. The Morgan fingerprint density at radius 2 is 2.00 bits per heavy atom. The van der Waals surface area contributed by atoms with Gasteiger partial charge in [-0.3, -0.25) is 4.79 Å². The maximum Gasteiger partial charge on any atom is 0.290 e. The number of carbonyl (C=O) groups excluding carboxylic acids is 1.